The van der Waals surface area contributed by atoms with E-state index in [2.05, 4.69) is 23.3 Å². The maximum absolute atomic E-state index is 12.8. The summed E-state index contributed by atoms with van der Waals surface area (Å²) in [4.78, 5) is 61.4. The van der Waals surface area contributed by atoms with Gasteiger partial charge in [-0.05, 0) is 25.2 Å². The molecule has 6 N–H and O–H groups in total. The molecule has 0 radical (unpaired) electrons. The summed E-state index contributed by atoms with van der Waals surface area (Å²) in [5.74, 6) is -4.57. The summed E-state index contributed by atoms with van der Waals surface area (Å²) < 4.78 is 0. The lowest BCUT2D eigenvalue weighted by Gasteiger charge is -2.28. The van der Waals surface area contributed by atoms with Crippen molar-refractivity contribution < 1.29 is 34.2 Å². The number of hydrogen-bond donors (Lipinski definition) is 6. The van der Waals surface area contributed by atoms with Gasteiger partial charge in [0.2, 0.25) is 17.7 Å². The van der Waals surface area contributed by atoms with Crippen LogP contribution in [0.5, 0.6) is 0 Å². The highest BCUT2D eigenvalue weighted by Gasteiger charge is 2.37. The highest BCUT2D eigenvalue weighted by Crippen LogP contribution is 2.19. The van der Waals surface area contributed by atoms with Crippen molar-refractivity contribution in [2.24, 2.45) is 11.7 Å². The Kier molecular flexibility index (Phi) is 10.1. The molecule has 1 saturated heterocycles. The molecule has 0 aromatic carbocycles. The van der Waals surface area contributed by atoms with Gasteiger partial charge in [0.1, 0.15) is 18.1 Å². The van der Waals surface area contributed by atoms with Crippen LogP contribution in [-0.2, 0) is 24.0 Å². The molecule has 3 amide bonds. The molecule has 1 heterocycles. The third-order valence-electron chi connectivity index (χ3n) is 4.86. The van der Waals surface area contributed by atoms with Gasteiger partial charge < -0.3 is 31.5 Å². The first-order valence-electron chi connectivity index (χ1n) is 9.71. The molecule has 12 heteroatoms. The molecule has 0 aliphatic carbocycles. The topological polar surface area (TPSA) is 179 Å². The molecular formula is C18H30N4O7S. The zero-order valence-electron chi connectivity index (χ0n) is 17.0. The number of likely N-dealkylation sites (tertiary alicyclic amines) is 1. The number of aliphatic carboxylic acids is 2. The van der Waals surface area contributed by atoms with Gasteiger partial charge in [-0.25, -0.2) is 4.79 Å². The van der Waals surface area contributed by atoms with E-state index < -0.39 is 66.2 Å². The minimum atomic E-state index is -1.26. The minimum Gasteiger partial charge on any atom is -0.481 e. The van der Waals surface area contributed by atoms with Crippen molar-refractivity contribution in [3.8, 4) is 0 Å². The number of thiol groups is 1. The van der Waals surface area contributed by atoms with Crippen LogP contribution in [0.25, 0.3) is 0 Å². The predicted octanol–water partition coefficient (Wildman–Crippen LogP) is -1.19. The molecule has 1 fully saturated rings. The van der Waals surface area contributed by atoms with Crippen molar-refractivity contribution in [3.05, 3.63) is 0 Å². The van der Waals surface area contributed by atoms with Crippen molar-refractivity contribution in [1.82, 2.24) is 15.5 Å². The Morgan fingerprint density at radius 1 is 1.17 bits per heavy atom. The van der Waals surface area contributed by atoms with Gasteiger partial charge in [-0.3, -0.25) is 19.2 Å². The molecule has 0 spiro atoms. The fourth-order valence-corrected chi connectivity index (χ4v) is 3.32. The smallest absolute Gasteiger partial charge is 0.326 e. The Balaban J connectivity index is 2.93. The summed E-state index contributed by atoms with van der Waals surface area (Å²) in [5.41, 5.74) is 5.72. The highest BCUT2D eigenvalue weighted by atomic mass is 32.1. The summed E-state index contributed by atoms with van der Waals surface area (Å²) >= 11 is 3.99. The summed E-state index contributed by atoms with van der Waals surface area (Å²) in [5, 5.41) is 23.0. The van der Waals surface area contributed by atoms with Gasteiger partial charge in [-0.1, -0.05) is 13.8 Å². The van der Waals surface area contributed by atoms with Crippen LogP contribution >= 0.6 is 12.6 Å². The number of hydrogen-bond acceptors (Lipinski definition) is 7. The van der Waals surface area contributed by atoms with E-state index in [1.165, 1.54) is 4.90 Å². The molecule has 1 aliphatic heterocycles. The molecule has 1 rings (SSSR count). The third kappa shape index (κ3) is 7.17. The van der Waals surface area contributed by atoms with Crippen LogP contribution in [0.15, 0.2) is 0 Å². The van der Waals surface area contributed by atoms with Gasteiger partial charge in [-0.15, -0.1) is 0 Å². The number of nitrogens with zero attached hydrogens (tertiary/aromatic N) is 1. The summed E-state index contributed by atoms with van der Waals surface area (Å²) in [6, 6.07) is -4.16. The molecule has 4 atom stereocenters. The second-order valence-corrected chi connectivity index (χ2v) is 7.91. The third-order valence-corrected chi connectivity index (χ3v) is 5.26. The summed E-state index contributed by atoms with van der Waals surface area (Å²) in [6.07, 6.45) is 0.307. The van der Waals surface area contributed by atoms with Crippen LogP contribution in [0, 0.1) is 5.92 Å². The van der Waals surface area contributed by atoms with Crippen molar-refractivity contribution >= 4 is 42.3 Å². The maximum Gasteiger partial charge on any atom is 0.326 e. The van der Waals surface area contributed by atoms with E-state index in [-0.39, 0.29) is 12.2 Å². The second-order valence-electron chi connectivity index (χ2n) is 7.54. The molecule has 30 heavy (non-hydrogen) atoms. The molecular weight excluding hydrogens is 416 g/mol. The van der Waals surface area contributed by atoms with Gasteiger partial charge in [0.15, 0.2) is 0 Å². The van der Waals surface area contributed by atoms with Gasteiger partial charge in [0, 0.05) is 18.7 Å². The number of rotatable bonds is 11. The zero-order chi connectivity index (χ0) is 23.0. The molecule has 170 valence electrons. The SMILES string of the molecule is CC(C)C(NC(=O)C(CCC(=O)O)NC(=O)C1CCCN1C(=O)C(N)CS)C(=O)O. The van der Waals surface area contributed by atoms with Gasteiger partial charge in [0.25, 0.3) is 0 Å². The lowest BCUT2D eigenvalue weighted by molar-refractivity contribution is -0.144. The number of carbonyl (C=O) groups is 5. The number of carbonyl (C=O) groups excluding carboxylic acids is 3. The average Bonchev–Trinajstić information content (AvgIpc) is 3.16. The van der Waals surface area contributed by atoms with E-state index in [0.29, 0.717) is 19.4 Å². The molecule has 0 aromatic heterocycles. The molecule has 11 nitrogen and oxygen atoms in total. The van der Waals surface area contributed by atoms with E-state index in [1.807, 2.05) is 0 Å². The Hall–Kier alpha value is -2.34. The van der Waals surface area contributed by atoms with Gasteiger partial charge in [0.05, 0.1) is 6.04 Å². The number of carboxylic acid groups (broad SMARTS) is 2. The van der Waals surface area contributed by atoms with Crippen LogP contribution in [0.2, 0.25) is 0 Å². The summed E-state index contributed by atoms with van der Waals surface area (Å²) in [7, 11) is 0. The lowest BCUT2D eigenvalue weighted by atomic mass is 10.0. The highest BCUT2D eigenvalue weighted by molar-refractivity contribution is 7.80. The number of nitrogens with one attached hydrogen (secondary N) is 2. The Labute approximate surface area is 180 Å². The fraction of sp³-hybridized carbons (Fsp3) is 0.722. The van der Waals surface area contributed by atoms with E-state index in [1.54, 1.807) is 13.8 Å². The average molecular weight is 447 g/mol. The Morgan fingerprint density at radius 3 is 2.30 bits per heavy atom. The van der Waals surface area contributed by atoms with E-state index >= 15 is 0 Å². The molecule has 0 aromatic rings. The minimum absolute atomic E-state index is 0.110. The molecule has 0 saturated carbocycles. The quantitative estimate of drug-likeness (QED) is 0.214. The first-order chi connectivity index (χ1) is 14.0. The van der Waals surface area contributed by atoms with Crippen LogP contribution in [0.1, 0.15) is 39.5 Å². The molecule has 4 unspecified atom stereocenters. The van der Waals surface area contributed by atoms with Crippen LogP contribution in [0.4, 0.5) is 0 Å². The van der Waals surface area contributed by atoms with Crippen molar-refractivity contribution in [1.29, 1.82) is 0 Å². The summed E-state index contributed by atoms with van der Waals surface area (Å²) in [6.45, 7) is 3.55. The maximum atomic E-state index is 12.8. The van der Waals surface area contributed by atoms with E-state index in [9.17, 15) is 29.1 Å². The molecule has 0 bridgehead atoms. The fourth-order valence-electron chi connectivity index (χ4n) is 3.17. The normalized spacial score (nSPS) is 19.1. The van der Waals surface area contributed by atoms with Gasteiger partial charge in [-0.2, -0.15) is 12.6 Å². The van der Waals surface area contributed by atoms with Crippen molar-refractivity contribution in [2.45, 2.75) is 63.7 Å². The lowest BCUT2D eigenvalue weighted by Crippen LogP contribution is -2.57. The van der Waals surface area contributed by atoms with Crippen LogP contribution < -0.4 is 16.4 Å². The second kappa shape index (κ2) is 11.7. The number of carboxylic acids is 2. The zero-order valence-corrected chi connectivity index (χ0v) is 17.9. The number of nitrogens with two attached hydrogens (primary N) is 1. The molecule has 1 aliphatic rings. The van der Waals surface area contributed by atoms with Crippen LogP contribution in [-0.4, -0.2) is 81.2 Å². The van der Waals surface area contributed by atoms with Gasteiger partial charge >= 0.3 is 11.9 Å². The first-order valence-corrected chi connectivity index (χ1v) is 10.3. The van der Waals surface area contributed by atoms with E-state index in [4.69, 9.17) is 10.8 Å². The van der Waals surface area contributed by atoms with Crippen LogP contribution in [0.3, 0.4) is 0 Å². The monoisotopic (exact) mass is 446 g/mol. The Bertz CT molecular complexity index is 673. The van der Waals surface area contributed by atoms with Crippen molar-refractivity contribution in [3.63, 3.8) is 0 Å². The Morgan fingerprint density at radius 2 is 1.80 bits per heavy atom. The largest absolute Gasteiger partial charge is 0.481 e. The van der Waals surface area contributed by atoms with E-state index in [0.717, 1.165) is 0 Å². The standard InChI is InChI=1S/C18H30N4O7S/c1-9(2)14(18(28)29)21-15(25)11(5-6-13(23)24)20-16(26)12-4-3-7-22(12)17(27)10(19)8-30/h9-12,14,30H,3-8,19H2,1-2H3,(H,20,26)(H,21,25)(H,23,24)(H,28,29). The first kappa shape index (κ1) is 25.7. The predicted molar refractivity (Wildman–Crippen MR) is 110 cm³/mol. The number of amides is 3. The van der Waals surface area contributed by atoms with Crippen molar-refractivity contribution in [2.75, 3.05) is 12.3 Å².